The Balaban J connectivity index is 3.01. The maximum absolute atomic E-state index is 11.1. The summed E-state index contributed by atoms with van der Waals surface area (Å²) in [6.07, 6.45) is 0.620. The number of carboxylic acid groups (broad SMARTS) is 1. The fourth-order valence-electron chi connectivity index (χ4n) is 2.02. The van der Waals surface area contributed by atoms with Crippen LogP contribution in [0.3, 0.4) is 0 Å². The topological polar surface area (TPSA) is 49.3 Å². The largest absolute Gasteiger partial charge is 0.481 e. The molecule has 3 nitrogen and oxygen atoms in total. The molecule has 0 aliphatic rings. The highest BCUT2D eigenvalue weighted by Gasteiger charge is 2.26. The van der Waals surface area contributed by atoms with E-state index < -0.39 is 5.97 Å². The number of hydrogen-bond donors (Lipinski definition) is 2. The van der Waals surface area contributed by atoms with Gasteiger partial charge in [-0.25, -0.2) is 0 Å². The molecule has 1 aromatic rings. The number of nitrogens with one attached hydrogen (secondary N) is 1. The second-order valence-corrected chi connectivity index (χ2v) is 4.03. The molecule has 3 heteroatoms. The highest BCUT2D eigenvalue weighted by atomic mass is 16.4. The summed E-state index contributed by atoms with van der Waals surface area (Å²) in [5.41, 5.74) is 2.19. The van der Waals surface area contributed by atoms with Gasteiger partial charge in [-0.3, -0.25) is 4.79 Å². The summed E-state index contributed by atoms with van der Waals surface area (Å²) in [4.78, 5) is 11.1. The van der Waals surface area contributed by atoms with E-state index in [4.69, 9.17) is 5.11 Å². The van der Waals surface area contributed by atoms with Crippen LogP contribution < -0.4 is 5.32 Å². The summed E-state index contributed by atoms with van der Waals surface area (Å²) in [6, 6.07) is 7.86. The molecule has 1 rings (SSSR count). The van der Waals surface area contributed by atoms with Crippen LogP contribution in [0.15, 0.2) is 24.3 Å². The molecular formula is C13H19NO2. The van der Waals surface area contributed by atoms with Crippen LogP contribution >= 0.6 is 0 Å². The van der Waals surface area contributed by atoms with Crippen LogP contribution in [0.5, 0.6) is 0 Å². The minimum Gasteiger partial charge on any atom is -0.481 e. The van der Waals surface area contributed by atoms with Gasteiger partial charge in [-0.1, -0.05) is 36.8 Å². The highest BCUT2D eigenvalue weighted by molar-refractivity contribution is 5.71. The molecule has 1 aromatic carbocycles. The molecule has 0 heterocycles. The van der Waals surface area contributed by atoms with Crippen molar-refractivity contribution in [1.82, 2.24) is 5.32 Å². The average Bonchev–Trinajstić information content (AvgIpc) is 2.25. The molecule has 16 heavy (non-hydrogen) atoms. The van der Waals surface area contributed by atoms with Crippen molar-refractivity contribution >= 4 is 5.97 Å². The number of benzene rings is 1. The molecule has 0 aromatic heterocycles. The summed E-state index contributed by atoms with van der Waals surface area (Å²) >= 11 is 0. The molecule has 0 aliphatic heterocycles. The van der Waals surface area contributed by atoms with Crippen molar-refractivity contribution in [2.75, 3.05) is 7.05 Å². The van der Waals surface area contributed by atoms with Gasteiger partial charge in [0.25, 0.3) is 0 Å². The second-order valence-electron chi connectivity index (χ2n) is 4.03. The predicted octanol–water partition coefficient (Wildman–Crippen LogP) is 2.37. The molecule has 0 spiro atoms. The van der Waals surface area contributed by atoms with Crippen LogP contribution in [-0.2, 0) is 4.79 Å². The van der Waals surface area contributed by atoms with E-state index in [-0.39, 0.29) is 12.0 Å². The van der Waals surface area contributed by atoms with Gasteiger partial charge < -0.3 is 10.4 Å². The minimum atomic E-state index is -0.747. The summed E-state index contributed by atoms with van der Waals surface area (Å²) in [5, 5.41) is 12.3. The third-order valence-electron chi connectivity index (χ3n) is 2.87. The van der Waals surface area contributed by atoms with Crippen molar-refractivity contribution in [3.05, 3.63) is 35.4 Å². The molecule has 0 bridgehead atoms. The highest BCUT2D eigenvalue weighted by Crippen LogP contribution is 2.25. The van der Waals surface area contributed by atoms with E-state index in [1.807, 2.05) is 38.1 Å². The summed E-state index contributed by atoms with van der Waals surface area (Å²) in [7, 11) is 1.80. The number of aryl methyl sites for hydroxylation is 1. The first-order chi connectivity index (χ1) is 7.60. The minimum absolute atomic E-state index is 0.123. The Bertz CT molecular complexity index is 363. The lowest BCUT2D eigenvalue weighted by atomic mass is 9.90. The molecule has 0 saturated heterocycles. The van der Waals surface area contributed by atoms with E-state index in [1.54, 1.807) is 7.05 Å². The number of carbonyl (C=O) groups is 1. The third-order valence-corrected chi connectivity index (χ3v) is 2.87. The zero-order chi connectivity index (χ0) is 12.1. The van der Waals surface area contributed by atoms with Crippen LogP contribution in [-0.4, -0.2) is 18.1 Å². The van der Waals surface area contributed by atoms with E-state index >= 15 is 0 Å². The van der Waals surface area contributed by atoms with Crippen LogP contribution in [0.4, 0.5) is 0 Å². The van der Waals surface area contributed by atoms with Crippen molar-refractivity contribution in [2.45, 2.75) is 26.3 Å². The first-order valence-electron chi connectivity index (χ1n) is 5.56. The van der Waals surface area contributed by atoms with E-state index in [9.17, 15) is 4.79 Å². The van der Waals surface area contributed by atoms with Gasteiger partial charge in [-0.15, -0.1) is 0 Å². The van der Waals surface area contributed by atoms with Gasteiger partial charge in [0.15, 0.2) is 0 Å². The monoisotopic (exact) mass is 221 g/mol. The standard InChI is InChI=1S/C13H19NO2/c1-4-11(13(15)16)12(14-3)10-7-5-6-9(2)8-10/h5-8,11-12,14H,4H2,1-3H3,(H,15,16). The van der Waals surface area contributed by atoms with Crippen LogP contribution in [0.25, 0.3) is 0 Å². The Labute approximate surface area is 96.5 Å². The fourth-order valence-corrected chi connectivity index (χ4v) is 2.02. The van der Waals surface area contributed by atoms with Crippen LogP contribution in [0, 0.1) is 12.8 Å². The SMILES string of the molecule is CCC(C(=O)O)C(NC)c1cccc(C)c1. The molecular weight excluding hydrogens is 202 g/mol. The summed E-state index contributed by atoms with van der Waals surface area (Å²) in [5.74, 6) is -1.13. The molecule has 2 atom stereocenters. The third kappa shape index (κ3) is 2.83. The smallest absolute Gasteiger partial charge is 0.308 e. The normalized spacial score (nSPS) is 14.4. The maximum atomic E-state index is 11.1. The molecule has 88 valence electrons. The summed E-state index contributed by atoms with van der Waals surface area (Å²) < 4.78 is 0. The van der Waals surface area contributed by atoms with E-state index in [0.29, 0.717) is 6.42 Å². The first kappa shape index (κ1) is 12.7. The molecule has 0 fully saturated rings. The van der Waals surface area contributed by atoms with E-state index in [1.165, 1.54) is 0 Å². The molecule has 2 unspecified atom stereocenters. The predicted molar refractivity (Wildman–Crippen MR) is 64.4 cm³/mol. The van der Waals surface area contributed by atoms with Crippen molar-refractivity contribution in [2.24, 2.45) is 5.92 Å². The van der Waals surface area contributed by atoms with Gasteiger partial charge >= 0.3 is 5.97 Å². The number of aliphatic carboxylic acids is 1. The van der Waals surface area contributed by atoms with Crippen molar-refractivity contribution < 1.29 is 9.90 Å². The van der Waals surface area contributed by atoms with Crippen LogP contribution in [0.2, 0.25) is 0 Å². The lowest BCUT2D eigenvalue weighted by Gasteiger charge is -2.23. The Hall–Kier alpha value is -1.35. The van der Waals surface area contributed by atoms with Gasteiger partial charge in [-0.2, -0.15) is 0 Å². The van der Waals surface area contributed by atoms with Gasteiger partial charge in [0.1, 0.15) is 0 Å². The fraction of sp³-hybridized carbons (Fsp3) is 0.462. The molecule has 0 saturated carbocycles. The Kier molecular flexibility index (Phi) is 4.50. The average molecular weight is 221 g/mol. The lowest BCUT2D eigenvalue weighted by Crippen LogP contribution is -2.30. The molecule has 2 N–H and O–H groups in total. The van der Waals surface area contributed by atoms with Crippen molar-refractivity contribution in [3.63, 3.8) is 0 Å². The van der Waals surface area contributed by atoms with Crippen molar-refractivity contribution in [3.8, 4) is 0 Å². The summed E-state index contributed by atoms with van der Waals surface area (Å²) in [6.45, 7) is 3.91. The van der Waals surface area contributed by atoms with E-state index in [2.05, 4.69) is 5.32 Å². The zero-order valence-corrected chi connectivity index (χ0v) is 10.0. The first-order valence-corrected chi connectivity index (χ1v) is 5.56. The molecule has 0 amide bonds. The number of hydrogen-bond acceptors (Lipinski definition) is 2. The quantitative estimate of drug-likeness (QED) is 0.802. The Morgan fingerprint density at radius 2 is 2.19 bits per heavy atom. The number of rotatable bonds is 5. The Morgan fingerprint density at radius 3 is 2.62 bits per heavy atom. The number of carboxylic acids is 1. The second kappa shape index (κ2) is 5.66. The van der Waals surface area contributed by atoms with Gasteiger partial charge in [0, 0.05) is 6.04 Å². The molecule has 0 aliphatic carbocycles. The van der Waals surface area contributed by atoms with E-state index in [0.717, 1.165) is 11.1 Å². The maximum Gasteiger partial charge on any atom is 0.308 e. The zero-order valence-electron chi connectivity index (χ0n) is 10.0. The Morgan fingerprint density at radius 1 is 1.50 bits per heavy atom. The van der Waals surface area contributed by atoms with Gasteiger partial charge in [0.05, 0.1) is 5.92 Å². The molecule has 0 radical (unpaired) electrons. The van der Waals surface area contributed by atoms with Crippen LogP contribution in [0.1, 0.15) is 30.5 Å². The lowest BCUT2D eigenvalue weighted by molar-refractivity contribution is -0.143. The van der Waals surface area contributed by atoms with Crippen molar-refractivity contribution in [1.29, 1.82) is 0 Å². The van der Waals surface area contributed by atoms with Gasteiger partial charge in [-0.05, 0) is 26.0 Å². The van der Waals surface area contributed by atoms with Gasteiger partial charge in [0.2, 0.25) is 0 Å².